The maximum atomic E-state index is 14.4. The molecule has 73 heavy (non-hydrogen) atoms. The van der Waals surface area contributed by atoms with Gasteiger partial charge >= 0.3 is 5.97 Å². The number of carbonyl (C=O) groups excluding carboxylic acids is 1. The minimum absolute atomic E-state index is 0.0412. The summed E-state index contributed by atoms with van der Waals surface area (Å²) in [6, 6.07) is 0. The second-order valence-corrected chi connectivity index (χ2v) is 25.4. The van der Waals surface area contributed by atoms with Crippen molar-refractivity contribution in [3.63, 3.8) is 0 Å². The number of rotatable bonds is 9. The van der Waals surface area contributed by atoms with E-state index < -0.39 is 41.8 Å². The van der Waals surface area contributed by atoms with Crippen LogP contribution < -0.4 is 0 Å². The Hall–Kier alpha value is -1.61. The quantitative estimate of drug-likeness (QED) is 0.184. The van der Waals surface area contributed by atoms with Crippen LogP contribution in [0.4, 0.5) is 0 Å². The molecule has 2 spiro atoms. The summed E-state index contributed by atoms with van der Waals surface area (Å²) in [6.07, 6.45) is 7.62. The zero-order chi connectivity index (χ0) is 50.1. The van der Waals surface area contributed by atoms with Crippen molar-refractivity contribution in [3.8, 4) is 0 Å². The Labute approximate surface area is 431 Å². The monoisotopic (exact) mass is 1020 g/mol. The molecule has 13 heterocycles. The number of hydrogen-bond acceptors (Lipinski definition) is 16. The molecule has 0 radical (unpaired) electrons. The first kappa shape index (κ1) is 50.9. The van der Waals surface area contributed by atoms with Gasteiger partial charge in [0.1, 0.15) is 18.3 Å². The van der Waals surface area contributed by atoms with E-state index in [0.717, 1.165) is 62.5 Å². The molecule has 16 nitrogen and oxygen atoms in total. The summed E-state index contributed by atoms with van der Waals surface area (Å²) in [7, 11) is 0. The number of esters is 1. The van der Waals surface area contributed by atoms with Gasteiger partial charge in [0.2, 0.25) is 0 Å². The van der Waals surface area contributed by atoms with E-state index in [-0.39, 0.29) is 116 Å². The number of carbonyl (C=O) groups is 1. The Morgan fingerprint density at radius 1 is 0.644 bits per heavy atom. The Morgan fingerprint density at radius 2 is 1.37 bits per heavy atom. The van der Waals surface area contributed by atoms with Crippen molar-refractivity contribution in [2.24, 2.45) is 23.7 Å². The van der Waals surface area contributed by atoms with Gasteiger partial charge in [-0.25, -0.2) is 0 Å². The van der Waals surface area contributed by atoms with Crippen LogP contribution >= 0.6 is 0 Å². The van der Waals surface area contributed by atoms with Crippen LogP contribution in [0.2, 0.25) is 0 Å². The van der Waals surface area contributed by atoms with Crippen LogP contribution in [-0.4, -0.2) is 164 Å². The molecule has 16 heteroatoms. The molecule has 1 N–H and O–H groups in total. The lowest BCUT2D eigenvalue weighted by molar-refractivity contribution is -0.365. The maximum Gasteiger partial charge on any atom is 0.308 e. The lowest BCUT2D eigenvalue weighted by Crippen LogP contribution is -2.61. The molecule has 0 aromatic rings. The van der Waals surface area contributed by atoms with Crippen molar-refractivity contribution in [1.82, 2.24) is 0 Å². The second kappa shape index (κ2) is 19.6. The van der Waals surface area contributed by atoms with Gasteiger partial charge in [-0.3, -0.25) is 4.79 Å². The third kappa shape index (κ3) is 9.48. The maximum absolute atomic E-state index is 14.4. The molecule has 4 bridgehead atoms. The van der Waals surface area contributed by atoms with Crippen LogP contribution in [0.1, 0.15) is 150 Å². The molecule has 2 unspecified atom stereocenters. The van der Waals surface area contributed by atoms with Crippen molar-refractivity contribution < 1.29 is 76.2 Å². The smallest absolute Gasteiger partial charge is 0.308 e. The lowest BCUT2D eigenvalue weighted by atomic mass is 9.78. The summed E-state index contributed by atoms with van der Waals surface area (Å²) in [5.74, 6) is -2.09. The summed E-state index contributed by atoms with van der Waals surface area (Å²) in [6.45, 7) is 20.9. The molecule has 0 aromatic heterocycles. The average Bonchev–Trinajstić information content (AvgIpc) is 4.11. The van der Waals surface area contributed by atoms with Crippen molar-refractivity contribution >= 4 is 5.97 Å². The third-order valence-corrected chi connectivity index (χ3v) is 20.1. The zero-order valence-corrected chi connectivity index (χ0v) is 44.0. The standard InChI is InChI=1S/C57H84O16/c1-8-34-9-12-39-49(62-34)30(4)22-56(68-39)23-31(5)50-47(71-56)26-57(72-50)25-46-41(69-57)20-43-51(66-46)33(7)52(42(65-43)19-40-32(6)29(3)14-16-60-40)67-48(59)18-36-10-11-38-54(63-36)45-21-44(64-38)53-37(58)24-55(70-45,73-53)15-13-35-17-28(2)27-61-35/h29-31,33-47,49-54,58H,2,6,8-27H2,1,3-5,7H3/t29-,30+,31+,33+,34-,35+,36-,37-,38+,39+,40-,41-,42+,43+,44-,45?,46-,47+,49+,50+,51+,52-,53?,54+,55-,56-,57+/m1/s1. The molecule has 408 valence electrons. The van der Waals surface area contributed by atoms with Crippen molar-refractivity contribution in [2.45, 2.75) is 290 Å². The summed E-state index contributed by atoms with van der Waals surface area (Å²) in [4.78, 5) is 14.4. The van der Waals surface area contributed by atoms with E-state index in [1.807, 2.05) is 0 Å². The molecule has 27 atom stereocenters. The van der Waals surface area contributed by atoms with Gasteiger partial charge in [-0.1, -0.05) is 47.8 Å². The van der Waals surface area contributed by atoms with Crippen LogP contribution in [-0.2, 0) is 71.1 Å². The van der Waals surface area contributed by atoms with Gasteiger partial charge in [0.15, 0.2) is 17.4 Å². The van der Waals surface area contributed by atoms with Crippen LogP contribution in [0.15, 0.2) is 24.3 Å². The van der Waals surface area contributed by atoms with Gasteiger partial charge < -0.3 is 71.4 Å². The second-order valence-electron chi connectivity index (χ2n) is 25.4. The predicted molar refractivity (Wildman–Crippen MR) is 260 cm³/mol. The molecule has 13 saturated heterocycles. The van der Waals surface area contributed by atoms with Crippen molar-refractivity contribution in [2.75, 3.05) is 13.2 Å². The molecule has 13 aliphatic rings. The minimum Gasteiger partial charge on any atom is -0.459 e. The average molecular weight is 1030 g/mol. The first-order valence-corrected chi connectivity index (χ1v) is 28.9. The van der Waals surface area contributed by atoms with Gasteiger partial charge in [0, 0.05) is 70.3 Å². The van der Waals surface area contributed by atoms with Crippen LogP contribution in [0.3, 0.4) is 0 Å². The molecule has 13 rings (SSSR count). The Bertz CT molecular complexity index is 2070. The number of hydrogen-bond donors (Lipinski definition) is 1. The molecule has 13 fully saturated rings. The molecule has 0 saturated carbocycles. The van der Waals surface area contributed by atoms with Crippen molar-refractivity contribution in [3.05, 3.63) is 24.3 Å². The molecular weight excluding hydrogens is 941 g/mol. The van der Waals surface area contributed by atoms with Gasteiger partial charge in [-0.05, 0) is 80.3 Å². The summed E-state index contributed by atoms with van der Waals surface area (Å²) < 4.78 is 94.6. The number of fused-ring (bicyclic) bond motifs is 11. The van der Waals surface area contributed by atoms with E-state index in [0.29, 0.717) is 88.9 Å². The van der Waals surface area contributed by atoms with E-state index in [1.165, 1.54) is 0 Å². The summed E-state index contributed by atoms with van der Waals surface area (Å²) >= 11 is 0. The van der Waals surface area contributed by atoms with E-state index in [2.05, 4.69) is 47.8 Å². The van der Waals surface area contributed by atoms with Gasteiger partial charge in [0.05, 0.1) is 117 Å². The van der Waals surface area contributed by atoms with E-state index in [9.17, 15) is 9.90 Å². The third-order valence-electron chi connectivity index (χ3n) is 20.1. The predicted octanol–water partition coefficient (Wildman–Crippen LogP) is 7.07. The van der Waals surface area contributed by atoms with Crippen LogP contribution in [0.25, 0.3) is 0 Å². The summed E-state index contributed by atoms with van der Waals surface area (Å²) in [5.41, 5.74) is 2.15. The fraction of sp³-hybridized carbons (Fsp3) is 0.912. The number of aliphatic hydroxyl groups is 1. The SMILES string of the molecule is C=C1CO[C@@H](CC[C@]23C[C@@H](O)C(O2)[C@H]2CC(O3)[C@H]3O[C@@H](CC(=O)O[C@@H]4[C@@H](C)[C@@H]5O[C@@H]6C[C@]7(C[C@@H]8O[C@]9(C[C@H](C)[C@@H]%10O[C@H](CC)CC[C@@H]%10O9)C[C@H](C)[C@@H]8O7)O[C@@H]6C[C@@H]5O[C@H]4C[C@H]4OCC[C@@H](C)C4=C)CC[C@@H]3O2)C1. The van der Waals surface area contributed by atoms with Gasteiger partial charge in [-0.2, -0.15) is 0 Å². The molecule has 0 aliphatic carbocycles. The largest absolute Gasteiger partial charge is 0.459 e. The topological polar surface area (TPSA) is 167 Å². The zero-order valence-electron chi connectivity index (χ0n) is 44.0. The highest BCUT2D eigenvalue weighted by molar-refractivity contribution is 5.70. The first-order chi connectivity index (χ1) is 35.1. The lowest BCUT2D eigenvalue weighted by Gasteiger charge is -2.54. The first-order valence-electron chi connectivity index (χ1n) is 28.9. The normalized spacial score (nSPS) is 55.1. The Balaban J connectivity index is 0.670. The minimum atomic E-state index is -0.956. The molecule has 0 amide bonds. The fourth-order valence-electron chi connectivity index (χ4n) is 16.3. The number of ether oxygens (including phenoxy) is 14. The van der Waals surface area contributed by atoms with E-state index in [4.69, 9.17) is 66.3 Å². The van der Waals surface area contributed by atoms with E-state index >= 15 is 0 Å². The fourth-order valence-corrected chi connectivity index (χ4v) is 16.3. The summed E-state index contributed by atoms with van der Waals surface area (Å²) in [5, 5.41) is 11.2. The highest BCUT2D eigenvalue weighted by atomic mass is 16.8. The van der Waals surface area contributed by atoms with Gasteiger partial charge in [0.25, 0.3) is 0 Å². The highest BCUT2D eigenvalue weighted by Gasteiger charge is 2.65. The molecule has 13 aliphatic heterocycles. The Morgan fingerprint density at radius 3 is 2.19 bits per heavy atom. The Kier molecular flexibility index (Phi) is 13.7. The van der Waals surface area contributed by atoms with Crippen LogP contribution in [0.5, 0.6) is 0 Å². The van der Waals surface area contributed by atoms with E-state index in [1.54, 1.807) is 0 Å². The van der Waals surface area contributed by atoms with Gasteiger partial charge in [-0.15, -0.1) is 0 Å². The molecule has 0 aromatic carbocycles. The van der Waals surface area contributed by atoms with Crippen LogP contribution in [0, 0.1) is 23.7 Å². The van der Waals surface area contributed by atoms with Crippen molar-refractivity contribution in [1.29, 1.82) is 0 Å². The number of aliphatic hydroxyl groups excluding tert-OH is 1. The molecular formula is C57H84O16. The highest BCUT2D eigenvalue weighted by Crippen LogP contribution is 2.56.